The van der Waals surface area contributed by atoms with Gasteiger partial charge in [0.05, 0.1) is 18.5 Å². The van der Waals surface area contributed by atoms with Gasteiger partial charge in [0.15, 0.2) is 5.70 Å². The number of azo groups is 1. The zero-order chi connectivity index (χ0) is 16.5. The molecule has 1 saturated heterocycles. The van der Waals surface area contributed by atoms with Gasteiger partial charge in [-0.25, -0.2) is 9.80 Å². The van der Waals surface area contributed by atoms with E-state index >= 15 is 0 Å². The summed E-state index contributed by atoms with van der Waals surface area (Å²) < 4.78 is 5.15. The highest BCUT2D eigenvalue weighted by molar-refractivity contribution is 7.10. The lowest BCUT2D eigenvalue weighted by Crippen LogP contribution is -2.29. The molecular weight excluding hydrogens is 328 g/mol. The first-order valence-corrected chi connectivity index (χ1v) is 8.22. The Labute approximate surface area is 142 Å². The van der Waals surface area contributed by atoms with Crippen LogP contribution in [0.1, 0.15) is 17.3 Å². The van der Waals surface area contributed by atoms with Crippen LogP contribution >= 0.6 is 11.3 Å². The molecule has 1 N–H and O–H groups in total. The first kappa shape index (κ1) is 14.9. The minimum Gasteiger partial charge on any atom is -0.497 e. The molecule has 1 aromatic heterocycles. The highest BCUT2D eigenvalue weighted by atomic mass is 32.1. The third kappa shape index (κ3) is 2.55. The molecule has 1 atom stereocenters. The molecule has 2 aliphatic heterocycles. The number of methoxy groups -OCH3 is 1. The normalized spacial score (nSPS) is 23.0. The summed E-state index contributed by atoms with van der Waals surface area (Å²) >= 11 is 1.63. The number of thiophene rings is 1. The Morgan fingerprint density at radius 2 is 2.17 bits per heavy atom. The second-order valence-corrected chi connectivity index (χ2v) is 6.24. The number of nitrogens with one attached hydrogen (secondary N) is 1. The molecule has 1 unspecified atom stereocenters. The van der Waals surface area contributed by atoms with Crippen LogP contribution in [-0.2, 0) is 9.63 Å². The molecule has 122 valence electrons. The standard InChI is InChI=1S/C16H14N4O3S/c1-22-11-6-4-10(5-7-11)20-15(16(21)23-19-20)13-9-12(17-18-13)14-3-2-8-24-14/h2-8,12,19H,9H2,1H3. The van der Waals surface area contributed by atoms with E-state index in [1.807, 2.05) is 41.8 Å². The average Bonchev–Trinajstić information content (AvgIpc) is 3.34. The van der Waals surface area contributed by atoms with Gasteiger partial charge < -0.3 is 9.57 Å². The lowest BCUT2D eigenvalue weighted by molar-refractivity contribution is -0.140. The van der Waals surface area contributed by atoms with Crippen molar-refractivity contribution in [3.8, 4) is 5.75 Å². The fraction of sp³-hybridized carbons (Fsp3) is 0.188. The Balaban J connectivity index is 1.64. The van der Waals surface area contributed by atoms with Crippen LogP contribution in [-0.4, -0.2) is 13.1 Å². The Hall–Kier alpha value is -2.71. The van der Waals surface area contributed by atoms with Crippen molar-refractivity contribution in [3.05, 3.63) is 58.0 Å². The largest absolute Gasteiger partial charge is 0.497 e. The molecule has 7 nitrogen and oxygen atoms in total. The fourth-order valence-electron chi connectivity index (χ4n) is 2.62. The van der Waals surface area contributed by atoms with Crippen LogP contribution < -0.4 is 15.3 Å². The van der Waals surface area contributed by atoms with E-state index in [1.54, 1.807) is 23.5 Å². The predicted octanol–water partition coefficient (Wildman–Crippen LogP) is 3.35. The summed E-state index contributed by atoms with van der Waals surface area (Å²) in [5.74, 6) is 0.268. The molecule has 1 fully saturated rings. The van der Waals surface area contributed by atoms with Crippen molar-refractivity contribution in [2.45, 2.75) is 12.5 Å². The number of rotatable bonds is 3. The summed E-state index contributed by atoms with van der Waals surface area (Å²) in [5.41, 5.74) is 4.35. The number of hydrazine groups is 1. The molecule has 0 aliphatic carbocycles. The van der Waals surface area contributed by atoms with E-state index in [9.17, 15) is 4.79 Å². The predicted molar refractivity (Wildman–Crippen MR) is 88.3 cm³/mol. The highest BCUT2D eigenvalue weighted by Crippen LogP contribution is 2.38. The van der Waals surface area contributed by atoms with Crippen molar-refractivity contribution < 1.29 is 14.4 Å². The highest BCUT2D eigenvalue weighted by Gasteiger charge is 2.35. The van der Waals surface area contributed by atoms with Gasteiger partial charge in [-0.3, -0.25) is 0 Å². The number of ether oxygens (including phenoxy) is 1. The third-order valence-electron chi connectivity index (χ3n) is 3.83. The van der Waals surface area contributed by atoms with Gasteiger partial charge in [-0.05, 0) is 35.7 Å². The molecule has 0 bridgehead atoms. The first-order chi connectivity index (χ1) is 11.8. The van der Waals surface area contributed by atoms with Gasteiger partial charge in [0.25, 0.3) is 0 Å². The number of nitrogens with zero attached hydrogens (tertiary/aromatic N) is 3. The van der Waals surface area contributed by atoms with Gasteiger partial charge >= 0.3 is 5.97 Å². The van der Waals surface area contributed by atoms with Crippen LogP contribution in [0.25, 0.3) is 0 Å². The lowest BCUT2D eigenvalue weighted by atomic mass is 10.1. The molecular formula is C16H14N4O3S. The van der Waals surface area contributed by atoms with Crippen molar-refractivity contribution in [3.63, 3.8) is 0 Å². The summed E-state index contributed by atoms with van der Waals surface area (Å²) in [5, 5.41) is 12.1. The number of anilines is 1. The second kappa shape index (κ2) is 6.06. The fourth-order valence-corrected chi connectivity index (χ4v) is 3.38. The Kier molecular flexibility index (Phi) is 3.75. The van der Waals surface area contributed by atoms with Gasteiger partial charge in [0.1, 0.15) is 11.8 Å². The zero-order valence-electron chi connectivity index (χ0n) is 12.8. The Bertz CT molecular complexity index is 814. The minimum atomic E-state index is -0.466. The lowest BCUT2D eigenvalue weighted by Gasteiger charge is -2.16. The monoisotopic (exact) mass is 342 g/mol. The van der Waals surface area contributed by atoms with Gasteiger partial charge in [0.2, 0.25) is 0 Å². The summed E-state index contributed by atoms with van der Waals surface area (Å²) in [6.45, 7) is 0. The topological polar surface area (TPSA) is 75.5 Å². The molecule has 2 aromatic rings. The second-order valence-electron chi connectivity index (χ2n) is 5.26. The van der Waals surface area contributed by atoms with Crippen LogP contribution in [0.5, 0.6) is 5.75 Å². The Morgan fingerprint density at radius 3 is 2.88 bits per heavy atom. The van der Waals surface area contributed by atoms with Crippen LogP contribution in [0, 0.1) is 0 Å². The van der Waals surface area contributed by atoms with Crippen molar-refractivity contribution in [2.24, 2.45) is 10.2 Å². The average molecular weight is 342 g/mol. The number of hydrogen-bond donors (Lipinski definition) is 1. The van der Waals surface area contributed by atoms with Crippen LogP contribution in [0.4, 0.5) is 5.69 Å². The SMILES string of the molecule is COc1ccc(N2NOC(=O)C2=C2CC(c3cccs3)N=N2)cc1. The molecule has 3 heterocycles. The van der Waals surface area contributed by atoms with Crippen molar-refractivity contribution in [1.29, 1.82) is 0 Å². The molecule has 0 radical (unpaired) electrons. The zero-order valence-corrected chi connectivity index (χ0v) is 13.6. The van der Waals surface area contributed by atoms with E-state index in [0.717, 1.165) is 16.3 Å². The van der Waals surface area contributed by atoms with E-state index in [-0.39, 0.29) is 6.04 Å². The maximum atomic E-state index is 12.2. The van der Waals surface area contributed by atoms with E-state index in [1.165, 1.54) is 0 Å². The van der Waals surface area contributed by atoms with E-state index < -0.39 is 5.97 Å². The van der Waals surface area contributed by atoms with Gasteiger partial charge in [-0.15, -0.1) is 11.3 Å². The first-order valence-electron chi connectivity index (χ1n) is 7.34. The minimum absolute atomic E-state index is 0.0429. The van der Waals surface area contributed by atoms with E-state index in [2.05, 4.69) is 15.8 Å². The number of carbonyl (C=O) groups is 1. The quantitative estimate of drug-likeness (QED) is 0.866. The number of hydrogen-bond acceptors (Lipinski definition) is 8. The molecule has 24 heavy (non-hydrogen) atoms. The Morgan fingerprint density at radius 1 is 1.33 bits per heavy atom. The smallest absolute Gasteiger partial charge is 0.378 e. The van der Waals surface area contributed by atoms with Gasteiger partial charge in [-0.1, -0.05) is 11.7 Å². The summed E-state index contributed by atoms with van der Waals surface area (Å²) in [4.78, 5) is 18.3. The molecule has 8 heteroatoms. The molecule has 0 saturated carbocycles. The molecule has 1 aromatic carbocycles. The maximum absolute atomic E-state index is 12.2. The number of carbonyl (C=O) groups excluding carboxylic acids is 1. The number of benzene rings is 1. The summed E-state index contributed by atoms with van der Waals surface area (Å²) in [6, 6.07) is 11.2. The van der Waals surface area contributed by atoms with Crippen molar-refractivity contribution in [2.75, 3.05) is 12.1 Å². The van der Waals surface area contributed by atoms with Crippen molar-refractivity contribution in [1.82, 2.24) is 5.59 Å². The van der Waals surface area contributed by atoms with Gasteiger partial charge in [0, 0.05) is 11.3 Å². The van der Waals surface area contributed by atoms with Crippen LogP contribution in [0.2, 0.25) is 0 Å². The molecule has 2 aliphatic rings. The summed E-state index contributed by atoms with van der Waals surface area (Å²) in [7, 11) is 1.60. The van der Waals surface area contributed by atoms with E-state index in [0.29, 0.717) is 17.8 Å². The van der Waals surface area contributed by atoms with Crippen LogP contribution in [0.3, 0.4) is 0 Å². The molecule has 4 rings (SSSR count). The maximum Gasteiger partial charge on any atom is 0.378 e. The van der Waals surface area contributed by atoms with Crippen molar-refractivity contribution >= 4 is 23.0 Å². The molecule has 0 spiro atoms. The van der Waals surface area contributed by atoms with Crippen LogP contribution in [0.15, 0.2) is 63.4 Å². The third-order valence-corrected chi connectivity index (χ3v) is 4.80. The van der Waals surface area contributed by atoms with Gasteiger partial charge in [-0.2, -0.15) is 10.2 Å². The van der Waals surface area contributed by atoms with E-state index in [4.69, 9.17) is 9.57 Å². The molecule has 0 amide bonds. The summed E-state index contributed by atoms with van der Waals surface area (Å²) in [6.07, 6.45) is 0.569.